The van der Waals surface area contributed by atoms with Crippen molar-refractivity contribution in [3.8, 4) is 0 Å². The van der Waals surface area contributed by atoms with Crippen molar-refractivity contribution >= 4 is 11.9 Å². The van der Waals surface area contributed by atoms with Crippen molar-refractivity contribution in [2.45, 2.75) is 258 Å². The Morgan fingerprint density at radius 2 is 0.672 bits per heavy atom. The Hall–Kier alpha value is -2.92. The van der Waals surface area contributed by atoms with Crippen LogP contribution in [0, 0.1) is 0 Å². The van der Waals surface area contributed by atoms with Gasteiger partial charge in [0.2, 0.25) is 0 Å². The van der Waals surface area contributed by atoms with E-state index in [1.54, 1.807) is 0 Å². The zero-order valence-corrected chi connectivity index (χ0v) is 42.3. The second-order valence-electron chi connectivity index (χ2n) is 17.8. The van der Waals surface area contributed by atoms with Crippen molar-refractivity contribution in [2.75, 3.05) is 19.8 Å². The molecule has 0 aromatic carbocycles. The standard InChI is InChI=1S/C59H102O5/c1-4-7-10-13-16-19-22-25-28-30-32-35-38-41-44-47-50-53-59(61)64-57(55-62-54-51-48-45-42-39-36-33-29-26-23-20-17-14-11-8-5-2)56-63-58(60)52-49-46-43-40-37-34-31-27-24-21-18-15-12-9-6-3/h16,18-19,21,25,27-28,31-32,35,37,40-41,44,57H,4-15,17,20,22-24,26,29-30,33-34,36,38-39,42-43,45-56H2,1-3H3/b19-16-,21-18-,28-25-,31-27-,35-32-,40-37-,44-41-/t57-/m1/s1. The summed E-state index contributed by atoms with van der Waals surface area (Å²) in [6.07, 6.45) is 71.7. The van der Waals surface area contributed by atoms with Gasteiger partial charge in [-0.15, -0.1) is 0 Å². The number of unbranched alkanes of at least 4 members (excludes halogenated alkanes) is 24. The molecular formula is C59H102O5. The molecule has 0 aliphatic rings. The lowest BCUT2D eigenvalue weighted by Crippen LogP contribution is -2.30. The van der Waals surface area contributed by atoms with Gasteiger partial charge in [0.15, 0.2) is 6.10 Å². The summed E-state index contributed by atoms with van der Waals surface area (Å²) in [5.41, 5.74) is 0. The molecule has 0 spiro atoms. The lowest BCUT2D eigenvalue weighted by atomic mass is 10.0. The maximum atomic E-state index is 12.8. The van der Waals surface area contributed by atoms with Gasteiger partial charge in [-0.3, -0.25) is 9.59 Å². The fourth-order valence-corrected chi connectivity index (χ4v) is 7.33. The molecule has 0 bridgehead atoms. The van der Waals surface area contributed by atoms with E-state index in [9.17, 15) is 9.59 Å². The molecule has 0 N–H and O–H groups in total. The summed E-state index contributed by atoms with van der Waals surface area (Å²) in [5.74, 6) is -0.502. The Morgan fingerprint density at radius 3 is 1.09 bits per heavy atom. The third-order valence-electron chi connectivity index (χ3n) is 11.4. The Bertz CT molecular complexity index is 1190. The Balaban J connectivity index is 4.42. The molecule has 0 radical (unpaired) electrons. The summed E-state index contributed by atoms with van der Waals surface area (Å²) < 4.78 is 17.4. The highest BCUT2D eigenvalue weighted by atomic mass is 16.6. The van der Waals surface area contributed by atoms with Gasteiger partial charge in [0, 0.05) is 19.4 Å². The lowest BCUT2D eigenvalue weighted by Gasteiger charge is -2.18. The lowest BCUT2D eigenvalue weighted by molar-refractivity contribution is -0.162. The monoisotopic (exact) mass is 891 g/mol. The normalized spacial score (nSPS) is 12.9. The maximum Gasteiger partial charge on any atom is 0.306 e. The van der Waals surface area contributed by atoms with Gasteiger partial charge in [0.1, 0.15) is 6.61 Å². The van der Waals surface area contributed by atoms with Crippen molar-refractivity contribution < 1.29 is 23.8 Å². The van der Waals surface area contributed by atoms with Gasteiger partial charge >= 0.3 is 11.9 Å². The van der Waals surface area contributed by atoms with Crippen LogP contribution in [-0.4, -0.2) is 37.9 Å². The first-order valence-corrected chi connectivity index (χ1v) is 27.1. The average molecular weight is 891 g/mol. The van der Waals surface area contributed by atoms with E-state index in [1.807, 2.05) is 0 Å². The van der Waals surface area contributed by atoms with Crippen LogP contribution in [0.25, 0.3) is 0 Å². The van der Waals surface area contributed by atoms with Gasteiger partial charge in [0.05, 0.1) is 6.61 Å². The highest BCUT2D eigenvalue weighted by Crippen LogP contribution is 2.14. The van der Waals surface area contributed by atoms with Crippen LogP contribution in [0.1, 0.15) is 252 Å². The van der Waals surface area contributed by atoms with Crippen LogP contribution in [0.5, 0.6) is 0 Å². The maximum absolute atomic E-state index is 12.8. The molecule has 0 fully saturated rings. The number of allylic oxidation sites excluding steroid dienone is 14. The minimum absolute atomic E-state index is 0.0425. The van der Waals surface area contributed by atoms with Crippen LogP contribution < -0.4 is 0 Å². The summed E-state index contributed by atoms with van der Waals surface area (Å²) in [7, 11) is 0. The predicted octanol–water partition coefficient (Wildman–Crippen LogP) is 18.5. The number of rotatable bonds is 49. The van der Waals surface area contributed by atoms with Gasteiger partial charge in [-0.2, -0.15) is 0 Å². The minimum atomic E-state index is -0.582. The molecule has 0 amide bonds. The van der Waals surface area contributed by atoms with E-state index < -0.39 is 6.10 Å². The zero-order chi connectivity index (χ0) is 46.3. The van der Waals surface area contributed by atoms with Crippen LogP contribution in [0.15, 0.2) is 85.1 Å². The number of carbonyl (C=O) groups excluding carboxylic acids is 2. The van der Waals surface area contributed by atoms with Crippen LogP contribution in [-0.2, 0) is 23.8 Å². The largest absolute Gasteiger partial charge is 0.462 e. The van der Waals surface area contributed by atoms with E-state index in [-0.39, 0.29) is 25.2 Å². The first-order valence-electron chi connectivity index (χ1n) is 27.1. The molecule has 0 heterocycles. The number of esters is 2. The van der Waals surface area contributed by atoms with Crippen molar-refractivity contribution in [3.63, 3.8) is 0 Å². The quantitative estimate of drug-likeness (QED) is 0.0346. The minimum Gasteiger partial charge on any atom is -0.462 e. The fourth-order valence-electron chi connectivity index (χ4n) is 7.33. The third kappa shape index (κ3) is 51.7. The van der Waals surface area contributed by atoms with Gasteiger partial charge in [-0.1, -0.05) is 228 Å². The van der Waals surface area contributed by atoms with E-state index >= 15 is 0 Å². The van der Waals surface area contributed by atoms with E-state index in [0.717, 1.165) is 77.0 Å². The molecule has 0 aromatic rings. The highest BCUT2D eigenvalue weighted by Gasteiger charge is 2.17. The molecule has 0 aliphatic heterocycles. The van der Waals surface area contributed by atoms with E-state index in [4.69, 9.17) is 14.2 Å². The van der Waals surface area contributed by atoms with E-state index in [0.29, 0.717) is 19.4 Å². The van der Waals surface area contributed by atoms with Gasteiger partial charge < -0.3 is 14.2 Å². The SMILES string of the molecule is CCCCC/C=C\C/C=C\C/C=C\C/C=C\CCCC(=O)O[C@H](COCCCCCCCCCCCCCCCCCC)COC(=O)CCCC/C=C\C/C=C\C/C=C\CCCCC. The van der Waals surface area contributed by atoms with Crippen molar-refractivity contribution in [1.82, 2.24) is 0 Å². The molecule has 5 nitrogen and oxygen atoms in total. The number of hydrogen-bond acceptors (Lipinski definition) is 5. The number of ether oxygens (including phenoxy) is 3. The summed E-state index contributed by atoms with van der Waals surface area (Å²) in [6.45, 7) is 7.69. The third-order valence-corrected chi connectivity index (χ3v) is 11.4. The predicted molar refractivity (Wildman–Crippen MR) is 279 cm³/mol. The molecule has 0 unspecified atom stereocenters. The summed E-state index contributed by atoms with van der Waals surface area (Å²) in [6, 6.07) is 0. The fraction of sp³-hybridized carbons (Fsp3) is 0.729. The molecule has 5 heteroatoms. The highest BCUT2D eigenvalue weighted by molar-refractivity contribution is 5.70. The van der Waals surface area contributed by atoms with Crippen molar-refractivity contribution in [1.29, 1.82) is 0 Å². The molecule has 0 aliphatic carbocycles. The smallest absolute Gasteiger partial charge is 0.306 e. The van der Waals surface area contributed by atoms with Crippen molar-refractivity contribution in [2.24, 2.45) is 0 Å². The zero-order valence-electron chi connectivity index (χ0n) is 42.3. The van der Waals surface area contributed by atoms with Gasteiger partial charge in [-0.25, -0.2) is 0 Å². The second kappa shape index (κ2) is 54.4. The molecule has 0 saturated heterocycles. The Labute approximate surface area is 397 Å². The van der Waals surface area contributed by atoms with Crippen LogP contribution in [0.2, 0.25) is 0 Å². The van der Waals surface area contributed by atoms with Crippen molar-refractivity contribution in [3.05, 3.63) is 85.1 Å². The first-order chi connectivity index (χ1) is 31.6. The molecular weight excluding hydrogens is 789 g/mol. The van der Waals surface area contributed by atoms with Gasteiger partial charge in [-0.05, 0) is 96.3 Å². The molecule has 0 aromatic heterocycles. The molecule has 368 valence electrons. The van der Waals surface area contributed by atoms with Crippen LogP contribution >= 0.6 is 0 Å². The van der Waals surface area contributed by atoms with E-state index in [1.165, 1.54) is 141 Å². The molecule has 1 atom stereocenters. The molecule has 0 rings (SSSR count). The van der Waals surface area contributed by atoms with Crippen LogP contribution in [0.3, 0.4) is 0 Å². The number of hydrogen-bond donors (Lipinski definition) is 0. The topological polar surface area (TPSA) is 61.8 Å². The summed E-state index contributed by atoms with van der Waals surface area (Å²) >= 11 is 0. The summed E-state index contributed by atoms with van der Waals surface area (Å²) in [5, 5.41) is 0. The van der Waals surface area contributed by atoms with Crippen LogP contribution in [0.4, 0.5) is 0 Å². The second-order valence-corrected chi connectivity index (χ2v) is 17.8. The average Bonchev–Trinajstić information content (AvgIpc) is 3.30. The Kier molecular flexibility index (Phi) is 51.9. The Morgan fingerprint density at radius 1 is 0.344 bits per heavy atom. The summed E-state index contributed by atoms with van der Waals surface area (Å²) in [4.78, 5) is 25.4. The van der Waals surface area contributed by atoms with Gasteiger partial charge in [0.25, 0.3) is 0 Å². The number of carbonyl (C=O) groups is 2. The molecule has 0 saturated carbocycles. The molecule has 64 heavy (non-hydrogen) atoms. The van der Waals surface area contributed by atoms with E-state index in [2.05, 4.69) is 106 Å². The first kappa shape index (κ1) is 61.1.